The lowest BCUT2D eigenvalue weighted by Gasteiger charge is -2.04. The molecule has 0 aliphatic heterocycles. The molecule has 1 aliphatic carbocycles. The fourth-order valence-electron chi connectivity index (χ4n) is 2.73. The first-order valence-electron chi connectivity index (χ1n) is 8.26. The molecule has 130 valence electrons. The molecular formula is C19H22N4O2. The van der Waals surface area contributed by atoms with Crippen LogP contribution in [0.15, 0.2) is 47.1 Å². The molecule has 2 heterocycles. The molecule has 0 radical (unpaired) electrons. The van der Waals surface area contributed by atoms with E-state index in [0.717, 1.165) is 36.1 Å². The van der Waals surface area contributed by atoms with Crippen molar-refractivity contribution in [2.24, 2.45) is 0 Å². The van der Waals surface area contributed by atoms with Crippen LogP contribution in [-0.2, 0) is 16.8 Å². The number of anilines is 1. The Hall–Kier alpha value is -2.89. The molecule has 2 aromatic heterocycles. The number of benzene rings is 1. The van der Waals surface area contributed by atoms with Gasteiger partial charge in [0, 0.05) is 11.8 Å². The maximum atomic E-state index is 10.7. The molecule has 3 aromatic rings. The van der Waals surface area contributed by atoms with Crippen LogP contribution in [0.5, 0.6) is 0 Å². The van der Waals surface area contributed by atoms with Crippen LogP contribution in [0.1, 0.15) is 35.4 Å². The van der Waals surface area contributed by atoms with E-state index in [1.54, 1.807) is 10.7 Å². The first kappa shape index (κ1) is 17.0. The van der Waals surface area contributed by atoms with Crippen molar-refractivity contribution < 1.29 is 9.32 Å². The Kier molecular flexibility index (Phi) is 4.70. The van der Waals surface area contributed by atoms with E-state index in [0.29, 0.717) is 12.4 Å². The van der Waals surface area contributed by atoms with Gasteiger partial charge in [0.05, 0.1) is 17.7 Å². The number of aromatic nitrogens is 3. The monoisotopic (exact) mass is 338 g/mol. The molecule has 6 heteroatoms. The second-order valence-electron chi connectivity index (χ2n) is 6.38. The van der Waals surface area contributed by atoms with E-state index in [1.807, 2.05) is 50.4 Å². The predicted molar refractivity (Wildman–Crippen MR) is 95.1 cm³/mol. The average molecular weight is 338 g/mol. The van der Waals surface area contributed by atoms with Crippen molar-refractivity contribution in [1.29, 1.82) is 0 Å². The van der Waals surface area contributed by atoms with Crippen LogP contribution in [0.3, 0.4) is 0 Å². The predicted octanol–water partition coefficient (Wildman–Crippen LogP) is 3.04. The molecular weight excluding hydrogens is 316 g/mol. The number of carbonyl (C=O) groups is 1. The van der Waals surface area contributed by atoms with E-state index in [1.165, 1.54) is 5.56 Å². The summed E-state index contributed by atoms with van der Waals surface area (Å²) in [6.07, 6.45) is 4.98. The van der Waals surface area contributed by atoms with Gasteiger partial charge < -0.3 is 15.1 Å². The molecule has 0 unspecified atom stereocenters. The topological polar surface area (TPSA) is 86.9 Å². The van der Waals surface area contributed by atoms with Gasteiger partial charge >= 0.3 is 0 Å². The number of aryl methyl sites for hydroxylation is 2. The molecule has 0 amide bonds. The Morgan fingerprint density at radius 2 is 1.96 bits per heavy atom. The maximum absolute atomic E-state index is 10.7. The highest BCUT2D eigenvalue weighted by Gasteiger charge is 2.43. The van der Waals surface area contributed by atoms with Gasteiger partial charge in [-0.15, -0.1) is 0 Å². The summed E-state index contributed by atoms with van der Waals surface area (Å²) in [5.74, 6) is 1.35. The molecule has 2 N–H and O–H groups in total. The number of hydrogen-bond donors (Lipinski definition) is 1. The van der Waals surface area contributed by atoms with Gasteiger partial charge in [-0.2, -0.15) is 5.10 Å². The summed E-state index contributed by atoms with van der Waals surface area (Å²) in [5, 5.41) is 7.96. The number of nitrogen functional groups attached to an aromatic ring is 1. The number of aldehydes is 1. The van der Waals surface area contributed by atoms with E-state index >= 15 is 0 Å². The zero-order chi connectivity index (χ0) is 17.9. The van der Waals surface area contributed by atoms with Crippen LogP contribution < -0.4 is 5.73 Å². The van der Waals surface area contributed by atoms with E-state index in [4.69, 9.17) is 10.3 Å². The van der Waals surface area contributed by atoms with Crippen molar-refractivity contribution >= 4 is 12.1 Å². The summed E-state index contributed by atoms with van der Waals surface area (Å²) >= 11 is 0. The number of nitrogens with zero attached hydrogens (tertiary/aromatic N) is 3. The summed E-state index contributed by atoms with van der Waals surface area (Å²) in [4.78, 5) is 10.7. The zero-order valence-electron chi connectivity index (χ0n) is 14.5. The van der Waals surface area contributed by atoms with Crippen LogP contribution in [0.25, 0.3) is 0 Å². The Labute approximate surface area is 146 Å². The van der Waals surface area contributed by atoms with Gasteiger partial charge in [-0.05, 0) is 38.3 Å². The van der Waals surface area contributed by atoms with Gasteiger partial charge in [0.2, 0.25) is 0 Å². The van der Waals surface area contributed by atoms with Crippen LogP contribution in [0.4, 0.5) is 5.82 Å². The third kappa shape index (κ3) is 3.79. The average Bonchev–Trinajstić information content (AvgIpc) is 3.25. The Bertz CT molecular complexity index is 828. The molecule has 0 atom stereocenters. The Morgan fingerprint density at radius 1 is 1.24 bits per heavy atom. The lowest BCUT2D eigenvalue weighted by atomic mass is 9.98. The van der Waals surface area contributed by atoms with E-state index in [9.17, 15) is 4.79 Å². The molecule has 1 aliphatic rings. The molecule has 1 saturated carbocycles. The lowest BCUT2D eigenvalue weighted by Crippen LogP contribution is -2.06. The van der Waals surface area contributed by atoms with Crippen molar-refractivity contribution in [2.75, 3.05) is 5.73 Å². The summed E-state index contributed by atoms with van der Waals surface area (Å²) < 4.78 is 6.82. The van der Waals surface area contributed by atoms with Gasteiger partial charge in [-0.3, -0.25) is 4.68 Å². The SMILES string of the molecule is Cc1noc(C)c1Cn1ccc(N)n1.O=CC1(c2ccccc2)CC1. The second kappa shape index (κ2) is 6.93. The normalized spacial score (nSPS) is 14.5. The standard InChI is InChI=1S/C10H10O.C9H12N4O/c11-8-10(6-7-10)9-4-2-1-3-5-9;1-6-8(7(2)14-12-6)5-13-4-3-9(10)11-13/h1-5,8H,6-7H2;3-4H,5H2,1-2H3,(H2,10,11). The first-order valence-corrected chi connectivity index (χ1v) is 8.26. The number of carbonyl (C=O) groups excluding carboxylic acids is 1. The second-order valence-corrected chi connectivity index (χ2v) is 6.38. The molecule has 0 saturated heterocycles. The van der Waals surface area contributed by atoms with Crippen LogP contribution in [0.2, 0.25) is 0 Å². The Morgan fingerprint density at radius 3 is 2.44 bits per heavy atom. The van der Waals surface area contributed by atoms with Crippen molar-refractivity contribution in [1.82, 2.24) is 14.9 Å². The maximum Gasteiger partial charge on any atom is 0.145 e. The van der Waals surface area contributed by atoms with E-state index in [-0.39, 0.29) is 5.41 Å². The van der Waals surface area contributed by atoms with Crippen molar-refractivity contribution in [3.05, 3.63) is 65.2 Å². The number of rotatable bonds is 4. The van der Waals surface area contributed by atoms with Crippen LogP contribution >= 0.6 is 0 Å². The lowest BCUT2D eigenvalue weighted by molar-refractivity contribution is -0.109. The highest BCUT2D eigenvalue weighted by molar-refractivity contribution is 5.72. The van der Waals surface area contributed by atoms with Gasteiger partial charge in [0.15, 0.2) is 0 Å². The van der Waals surface area contributed by atoms with Crippen molar-refractivity contribution in [3.63, 3.8) is 0 Å². The summed E-state index contributed by atoms with van der Waals surface area (Å²) in [6, 6.07) is 11.8. The van der Waals surface area contributed by atoms with Crippen LogP contribution in [-0.4, -0.2) is 21.2 Å². The highest BCUT2D eigenvalue weighted by Crippen LogP contribution is 2.45. The minimum atomic E-state index is -0.0960. The minimum absolute atomic E-state index is 0.0960. The fourth-order valence-corrected chi connectivity index (χ4v) is 2.73. The van der Waals surface area contributed by atoms with Gasteiger partial charge in [0.25, 0.3) is 0 Å². The molecule has 0 spiro atoms. The summed E-state index contributed by atoms with van der Waals surface area (Å²) in [5.41, 5.74) is 8.56. The van der Waals surface area contributed by atoms with Crippen LogP contribution in [0, 0.1) is 13.8 Å². The van der Waals surface area contributed by atoms with Crippen molar-refractivity contribution in [2.45, 2.75) is 38.6 Å². The Balaban J connectivity index is 0.000000150. The smallest absolute Gasteiger partial charge is 0.145 e. The summed E-state index contributed by atoms with van der Waals surface area (Å²) in [6.45, 7) is 4.46. The number of hydrogen-bond acceptors (Lipinski definition) is 5. The molecule has 6 nitrogen and oxygen atoms in total. The van der Waals surface area contributed by atoms with Gasteiger partial charge in [-0.25, -0.2) is 0 Å². The third-order valence-electron chi connectivity index (χ3n) is 4.53. The first-order chi connectivity index (χ1) is 12.0. The molecule has 1 aromatic carbocycles. The quantitative estimate of drug-likeness (QED) is 0.739. The molecule has 25 heavy (non-hydrogen) atoms. The highest BCUT2D eigenvalue weighted by atomic mass is 16.5. The molecule has 4 rings (SSSR count). The van der Waals surface area contributed by atoms with E-state index in [2.05, 4.69) is 10.3 Å². The van der Waals surface area contributed by atoms with Gasteiger partial charge in [0.1, 0.15) is 17.9 Å². The number of nitrogens with two attached hydrogens (primary N) is 1. The van der Waals surface area contributed by atoms with Crippen molar-refractivity contribution in [3.8, 4) is 0 Å². The van der Waals surface area contributed by atoms with Gasteiger partial charge in [-0.1, -0.05) is 35.5 Å². The largest absolute Gasteiger partial charge is 0.382 e. The third-order valence-corrected chi connectivity index (χ3v) is 4.53. The fraction of sp³-hybridized carbons (Fsp3) is 0.316. The summed E-state index contributed by atoms with van der Waals surface area (Å²) in [7, 11) is 0. The zero-order valence-corrected chi connectivity index (χ0v) is 14.5. The van der Waals surface area contributed by atoms with E-state index < -0.39 is 0 Å². The molecule has 0 bridgehead atoms. The molecule has 1 fully saturated rings. The minimum Gasteiger partial charge on any atom is -0.382 e.